The van der Waals surface area contributed by atoms with Crippen molar-refractivity contribution in [2.75, 3.05) is 12.3 Å². The zero-order valence-electron chi connectivity index (χ0n) is 19.8. The van der Waals surface area contributed by atoms with Crippen molar-refractivity contribution < 1.29 is 29.1 Å². The molecule has 1 aromatic rings. The SMILES string of the molecule is CC.CC(=O)O.Cc1cc(C(=O)NC(C(=O)NCC(=O)NC(C)C=O)C(C)C)ccc1N. The largest absolute Gasteiger partial charge is 0.481 e. The Bertz CT molecular complexity index is 776. The molecule has 0 aliphatic rings. The summed E-state index contributed by atoms with van der Waals surface area (Å²) in [5, 5.41) is 15.0. The summed E-state index contributed by atoms with van der Waals surface area (Å²) in [5.41, 5.74) is 7.49. The normalized spacial score (nSPS) is 11.4. The zero-order valence-corrected chi connectivity index (χ0v) is 19.8. The van der Waals surface area contributed by atoms with Gasteiger partial charge in [0.2, 0.25) is 11.8 Å². The Balaban J connectivity index is 0. The second-order valence-corrected chi connectivity index (χ2v) is 7.00. The van der Waals surface area contributed by atoms with Gasteiger partial charge in [-0.25, -0.2) is 0 Å². The van der Waals surface area contributed by atoms with E-state index in [1.165, 1.54) is 6.92 Å². The highest BCUT2D eigenvalue weighted by Gasteiger charge is 2.25. The van der Waals surface area contributed by atoms with Crippen molar-refractivity contribution in [3.8, 4) is 0 Å². The molecule has 180 valence electrons. The minimum Gasteiger partial charge on any atom is -0.481 e. The summed E-state index contributed by atoms with van der Waals surface area (Å²) in [6.45, 7) is 11.7. The summed E-state index contributed by atoms with van der Waals surface area (Å²) in [7, 11) is 0. The van der Waals surface area contributed by atoms with Crippen LogP contribution in [0.3, 0.4) is 0 Å². The molecule has 0 saturated heterocycles. The van der Waals surface area contributed by atoms with Crippen LogP contribution in [0.1, 0.15) is 57.5 Å². The number of aliphatic carboxylic acids is 1. The topological polar surface area (TPSA) is 168 Å². The van der Waals surface area contributed by atoms with Gasteiger partial charge in [0.25, 0.3) is 11.9 Å². The smallest absolute Gasteiger partial charge is 0.300 e. The minimum atomic E-state index is -0.833. The number of nitrogens with one attached hydrogen (secondary N) is 3. The van der Waals surface area contributed by atoms with E-state index in [9.17, 15) is 19.2 Å². The molecule has 0 saturated carbocycles. The summed E-state index contributed by atoms with van der Waals surface area (Å²) in [6.07, 6.45) is 0.589. The highest BCUT2D eigenvalue weighted by atomic mass is 16.4. The lowest BCUT2D eigenvalue weighted by atomic mass is 10.0. The Hall–Kier alpha value is -3.43. The van der Waals surface area contributed by atoms with Crippen LogP contribution in [-0.4, -0.2) is 53.7 Å². The van der Waals surface area contributed by atoms with Gasteiger partial charge < -0.3 is 31.6 Å². The van der Waals surface area contributed by atoms with E-state index in [1.807, 2.05) is 13.8 Å². The Morgan fingerprint density at radius 3 is 2.06 bits per heavy atom. The predicted octanol–water partition coefficient (Wildman–Crippen LogP) is 1.27. The number of rotatable bonds is 8. The molecule has 0 bridgehead atoms. The average molecular weight is 453 g/mol. The highest BCUT2D eigenvalue weighted by molar-refractivity contribution is 5.98. The van der Waals surface area contributed by atoms with Crippen molar-refractivity contribution in [2.45, 2.75) is 60.5 Å². The Morgan fingerprint density at radius 2 is 1.62 bits per heavy atom. The number of aldehydes is 1. The number of anilines is 1. The van der Waals surface area contributed by atoms with E-state index < -0.39 is 35.8 Å². The van der Waals surface area contributed by atoms with Crippen LogP contribution in [-0.2, 0) is 19.2 Å². The third-order valence-corrected chi connectivity index (χ3v) is 3.78. The molecular weight excluding hydrogens is 416 g/mol. The molecule has 0 radical (unpaired) electrons. The van der Waals surface area contributed by atoms with Gasteiger partial charge in [0, 0.05) is 18.2 Å². The molecule has 2 atom stereocenters. The third-order valence-electron chi connectivity index (χ3n) is 3.78. The lowest BCUT2D eigenvalue weighted by molar-refractivity contribution is -0.134. The average Bonchev–Trinajstić information content (AvgIpc) is 2.72. The van der Waals surface area contributed by atoms with Gasteiger partial charge in [-0.15, -0.1) is 0 Å². The van der Waals surface area contributed by atoms with E-state index in [0.29, 0.717) is 17.5 Å². The number of amides is 3. The first-order valence-electron chi connectivity index (χ1n) is 10.3. The van der Waals surface area contributed by atoms with Crippen molar-refractivity contribution >= 4 is 35.7 Å². The lowest BCUT2D eigenvalue weighted by Gasteiger charge is -2.22. The van der Waals surface area contributed by atoms with E-state index in [-0.39, 0.29) is 12.5 Å². The Morgan fingerprint density at radius 1 is 1.09 bits per heavy atom. The second-order valence-electron chi connectivity index (χ2n) is 7.00. The number of carbonyl (C=O) groups is 5. The molecule has 3 amide bonds. The molecule has 10 heteroatoms. The van der Waals surface area contributed by atoms with Crippen LogP contribution in [0.4, 0.5) is 5.69 Å². The maximum Gasteiger partial charge on any atom is 0.300 e. The first-order chi connectivity index (χ1) is 14.9. The lowest BCUT2D eigenvalue weighted by Crippen LogP contribution is -2.52. The summed E-state index contributed by atoms with van der Waals surface area (Å²) >= 11 is 0. The van der Waals surface area contributed by atoms with Gasteiger partial charge in [-0.1, -0.05) is 27.7 Å². The molecule has 1 rings (SSSR count). The summed E-state index contributed by atoms with van der Waals surface area (Å²) < 4.78 is 0. The van der Waals surface area contributed by atoms with Crippen molar-refractivity contribution in [2.24, 2.45) is 5.92 Å². The van der Waals surface area contributed by atoms with Gasteiger partial charge in [0.15, 0.2) is 0 Å². The molecule has 32 heavy (non-hydrogen) atoms. The number of benzene rings is 1. The number of carboxylic acids is 1. The van der Waals surface area contributed by atoms with Crippen LogP contribution in [0.15, 0.2) is 18.2 Å². The maximum atomic E-state index is 12.4. The fraction of sp³-hybridized carbons (Fsp3) is 0.500. The number of carbonyl (C=O) groups excluding carboxylic acids is 4. The number of nitrogen functional groups attached to an aromatic ring is 1. The fourth-order valence-electron chi connectivity index (χ4n) is 2.19. The molecule has 0 heterocycles. The molecule has 0 aliphatic carbocycles. The van der Waals surface area contributed by atoms with E-state index in [0.717, 1.165) is 12.5 Å². The monoisotopic (exact) mass is 452 g/mol. The second kappa shape index (κ2) is 16.3. The molecule has 0 fully saturated rings. The fourth-order valence-corrected chi connectivity index (χ4v) is 2.19. The first kappa shape index (κ1) is 30.8. The number of carboxylic acid groups (broad SMARTS) is 1. The molecular formula is C22H36N4O6. The molecule has 1 aromatic carbocycles. The van der Waals surface area contributed by atoms with Gasteiger partial charge in [-0.2, -0.15) is 0 Å². The molecule has 0 spiro atoms. The highest BCUT2D eigenvalue weighted by Crippen LogP contribution is 2.13. The molecule has 0 aromatic heterocycles. The van der Waals surface area contributed by atoms with Gasteiger partial charge in [-0.05, 0) is 43.5 Å². The number of hydrogen-bond acceptors (Lipinski definition) is 6. The first-order valence-corrected chi connectivity index (χ1v) is 10.3. The molecule has 2 unspecified atom stereocenters. The van der Waals surface area contributed by atoms with E-state index in [1.54, 1.807) is 39.0 Å². The molecule has 0 aliphatic heterocycles. The van der Waals surface area contributed by atoms with E-state index in [2.05, 4.69) is 16.0 Å². The summed E-state index contributed by atoms with van der Waals surface area (Å²) in [4.78, 5) is 55.9. The van der Waals surface area contributed by atoms with Crippen molar-refractivity contribution in [3.05, 3.63) is 29.3 Å². The standard InChI is InChI=1S/C18H26N4O4.C2H4O2.C2H6/c1-10(2)16(18(26)20-8-15(24)21-12(4)9-23)22-17(25)13-5-6-14(19)11(3)7-13;1-2(3)4;1-2/h5-7,9-10,12,16H,8,19H2,1-4H3,(H,20,26)(H,21,24)(H,22,25);1H3,(H,3,4);1-2H3. The third kappa shape index (κ3) is 13.0. The summed E-state index contributed by atoms with van der Waals surface area (Å²) in [6, 6.07) is 3.42. The van der Waals surface area contributed by atoms with Crippen LogP contribution in [0.5, 0.6) is 0 Å². The molecule has 6 N–H and O–H groups in total. The van der Waals surface area contributed by atoms with Gasteiger partial charge in [0.1, 0.15) is 12.3 Å². The quantitative estimate of drug-likeness (QED) is 0.292. The molecule has 10 nitrogen and oxygen atoms in total. The minimum absolute atomic E-state index is 0.189. The van der Waals surface area contributed by atoms with Gasteiger partial charge in [0.05, 0.1) is 12.6 Å². The number of nitrogens with two attached hydrogens (primary N) is 1. The van der Waals surface area contributed by atoms with Crippen LogP contribution < -0.4 is 21.7 Å². The summed E-state index contributed by atoms with van der Waals surface area (Å²) in [5.74, 6) is -2.39. The van der Waals surface area contributed by atoms with Crippen LogP contribution in [0.25, 0.3) is 0 Å². The van der Waals surface area contributed by atoms with Gasteiger partial charge in [-0.3, -0.25) is 19.2 Å². The van der Waals surface area contributed by atoms with E-state index in [4.69, 9.17) is 15.6 Å². The maximum absolute atomic E-state index is 12.4. The van der Waals surface area contributed by atoms with Crippen molar-refractivity contribution in [1.82, 2.24) is 16.0 Å². The van der Waals surface area contributed by atoms with Crippen LogP contribution in [0, 0.1) is 12.8 Å². The Labute approximate surface area is 189 Å². The number of aryl methyl sites for hydroxylation is 1. The predicted molar refractivity (Wildman–Crippen MR) is 123 cm³/mol. The van der Waals surface area contributed by atoms with Crippen LogP contribution in [0.2, 0.25) is 0 Å². The van der Waals surface area contributed by atoms with Crippen molar-refractivity contribution in [1.29, 1.82) is 0 Å². The zero-order chi connectivity index (χ0) is 25.4. The van der Waals surface area contributed by atoms with E-state index >= 15 is 0 Å². The van der Waals surface area contributed by atoms with Gasteiger partial charge >= 0.3 is 0 Å². The van der Waals surface area contributed by atoms with Crippen molar-refractivity contribution in [3.63, 3.8) is 0 Å². The van der Waals surface area contributed by atoms with Crippen LogP contribution >= 0.6 is 0 Å². The number of hydrogen-bond donors (Lipinski definition) is 5. The Kier molecular flexibility index (Phi) is 15.7.